The van der Waals surface area contributed by atoms with Gasteiger partial charge in [0.2, 0.25) is 11.6 Å². The zero-order valence-corrected chi connectivity index (χ0v) is 29.0. The zero-order chi connectivity index (χ0) is 33.9. The van der Waals surface area contributed by atoms with E-state index in [9.17, 15) is 15.1 Å². The molecule has 0 aliphatic heterocycles. The maximum Gasteiger partial charge on any atom is 0.309 e. The molecule has 0 aliphatic carbocycles. The van der Waals surface area contributed by atoms with E-state index in [0.29, 0.717) is 36.9 Å². The number of benzene rings is 2. The molecule has 0 radical (unpaired) electrons. The van der Waals surface area contributed by atoms with Crippen molar-refractivity contribution in [2.24, 2.45) is 5.41 Å². The van der Waals surface area contributed by atoms with Crippen molar-refractivity contribution in [3.05, 3.63) is 107 Å². The van der Waals surface area contributed by atoms with E-state index >= 15 is 0 Å². The van der Waals surface area contributed by atoms with Crippen molar-refractivity contribution in [1.29, 1.82) is 0 Å². The third-order valence-corrected chi connectivity index (χ3v) is 9.15. The van der Waals surface area contributed by atoms with Crippen molar-refractivity contribution in [2.75, 3.05) is 6.61 Å². The van der Waals surface area contributed by atoms with Gasteiger partial charge < -0.3 is 24.4 Å². The van der Waals surface area contributed by atoms with Crippen LogP contribution in [-0.4, -0.2) is 32.0 Å². The van der Waals surface area contributed by atoms with Crippen molar-refractivity contribution in [3.8, 4) is 22.8 Å². The smallest absolute Gasteiger partial charge is 0.309 e. The van der Waals surface area contributed by atoms with Gasteiger partial charge in [-0.3, -0.25) is 4.79 Å². The van der Waals surface area contributed by atoms with Crippen molar-refractivity contribution in [1.82, 2.24) is 9.55 Å². The van der Waals surface area contributed by atoms with E-state index in [4.69, 9.17) is 9.47 Å². The molecule has 5 aromatic rings. The topological polar surface area (TPSA) is 101 Å². The van der Waals surface area contributed by atoms with E-state index in [1.165, 1.54) is 6.20 Å². The Morgan fingerprint density at radius 1 is 0.979 bits per heavy atom. The average Bonchev–Trinajstić information content (AvgIpc) is 3.27. The zero-order valence-electron chi connectivity index (χ0n) is 28.2. The van der Waals surface area contributed by atoms with Crippen molar-refractivity contribution in [2.45, 2.75) is 77.7 Å². The van der Waals surface area contributed by atoms with Gasteiger partial charge in [0.05, 0.1) is 12.0 Å². The minimum atomic E-state index is -0.990. The average molecular weight is 654 g/mol. The number of ether oxygens (including phenoxy) is 2. The van der Waals surface area contributed by atoms with Gasteiger partial charge in [-0.25, -0.2) is 4.98 Å². The van der Waals surface area contributed by atoms with Crippen LogP contribution in [0, 0.1) is 17.5 Å². The third-order valence-electron chi connectivity index (χ3n) is 7.87. The third kappa shape index (κ3) is 8.08. The summed E-state index contributed by atoms with van der Waals surface area (Å²) < 4.78 is 14.6. The fourth-order valence-electron chi connectivity index (χ4n) is 5.37. The Labute approximate surface area is 281 Å². The van der Waals surface area contributed by atoms with Gasteiger partial charge in [0.15, 0.2) is 12.8 Å². The van der Waals surface area contributed by atoms with Gasteiger partial charge in [0.1, 0.15) is 5.75 Å². The van der Waals surface area contributed by atoms with Crippen LogP contribution in [-0.2, 0) is 24.4 Å². The van der Waals surface area contributed by atoms with Crippen LogP contribution in [0.25, 0.3) is 22.0 Å². The number of carboxylic acid groups (broad SMARTS) is 1. The van der Waals surface area contributed by atoms with E-state index < -0.39 is 11.4 Å². The van der Waals surface area contributed by atoms with Crippen LogP contribution in [0.4, 0.5) is 0 Å². The first kappa shape index (κ1) is 33.9. The molecule has 0 bridgehead atoms. The number of aromatic nitrogens is 3. The first-order valence-electron chi connectivity index (χ1n) is 15.8. The van der Waals surface area contributed by atoms with Crippen LogP contribution in [0.2, 0.25) is 0 Å². The lowest BCUT2D eigenvalue weighted by Gasteiger charge is -2.24. The van der Waals surface area contributed by atoms with E-state index in [1.807, 2.05) is 56.4 Å². The Kier molecular flexibility index (Phi) is 9.86. The monoisotopic (exact) mass is 653 g/mol. The second-order valence-electron chi connectivity index (χ2n) is 13.4. The highest BCUT2D eigenvalue weighted by molar-refractivity contribution is 8.00. The quantitative estimate of drug-likeness (QED) is 0.0823. The Morgan fingerprint density at radius 2 is 1.70 bits per heavy atom. The molecule has 3 aromatic heterocycles. The van der Waals surface area contributed by atoms with E-state index in [-0.39, 0.29) is 11.4 Å². The number of aliphatic carboxylic acids is 1. The highest BCUT2D eigenvalue weighted by Crippen LogP contribution is 2.44. The van der Waals surface area contributed by atoms with E-state index in [1.54, 1.807) is 31.7 Å². The Hall–Kier alpha value is -4.50. The van der Waals surface area contributed by atoms with E-state index in [0.717, 1.165) is 48.5 Å². The second-order valence-corrected chi connectivity index (χ2v) is 15.3. The number of aryl methyl sites for hydroxylation is 1. The molecule has 3 heterocycles. The van der Waals surface area contributed by atoms with Gasteiger partial charge in [-0.2, -0.15) is 4.73 Å². The summed E-state index contributed by atoms with van der Waals surface area (Å²) in [7, 11) is 0. The first-order valence-corrected chi connectivity index (χ1v) is 16.6. The molecule has 2 aromatic carbocycles. The number of carboxylic acids is 1. The summed E-state index contributed by atoms with van der Waals surface area (Å²) in [4.78, 5) is 17.8. The van der Waals surface area contributed by atoms with Gasteiger partial charge in [-0.15, -0.1) is 11.8 Å². The molecule has 0 atom stereocenters. The highest BCUT2D eigenvalue weighted by Gasteiger charge is 2.33. The van der Waals surface area contributed by atoms with Gasteiger partial charge in [0, 0.05) is 68.7 Å². The lowest BCUT2D eigenvalue weighted by molar-refractivity contribution is -0.616. The summed E-state index contributed by atoms with van der Waals surface area (Å²) in [6.45, 7) is 15.1. The van der Waals surface area contributed by atoms with Crippen LogP contribution >= 0.6 is 11.8 Å². The minimum Gasteiger partial charge on any atom is -0.618 e. The summed E-state index contributed by atoms with van der Waals surface area (Å²) in [5.74, 6) is 0.400. The van der Waals surface area contributed by atoms with Crippen LogP contribution in [0.15, 0.2) is 84.0 Å². The maximum atomic E-state index is 12.4. The summed E-state index contributed by atoms with van der Waals surface area (Å²) in [6.07, 6.45) is 3.70. The van der Waals surface area contributed by atoms with Crippen LogP contribution in [0.1, 0.15) is 64.1 Å². The number of hydrogen-bond acceptors (Lipinski definition) is 6. The molecule has 47 heavy (non-hydrogen) atoms. The molecule has 246 valence electrons. The molecule has 0 spiro atoms. The summed E-state index contributed by atoms with van der Waals surface area (Å²) in [6, 6.07) is 21.9. The number of hydrogen-bond donors (Lipinski definition) is 1. The normalized spacial score (nSPS) is 12.0. The van der Waals surface area contributed by atoms with Crippen LogP contribution < -0.4 is 14.2 Å². The molecular formula is C38H43N3O5S. The lowest BCUT2D eigenvalue weighted by Crippen LogP contribution is -2.32. The largest absolute Gasteiger partial charge is 0.618 e. The highest BCUT2D eigenvalue weighted by atomic mass is 32.2. The molecule has 1 N–H and O–H groups in total. The van der Waals surface area contributed by atoms with Crippen LogP contribution in [0.3, 0.4) is 0 Å². The molecule has 5 rings (SSSR count). The second kappa shape index (κ2) is 13.7. The standard InChI is InChI=1S/C38H43N3O5S/c1-8-45-34-18-14-28(21-39-34)27-12-10-26(11-13-27)23-40-32-17-16-30(46-24-29-15-9-25(2)22-41(29)44)19-31(32)35(47-37(3,4)5)33(40)20-38(6,7)36(42)43/h9-19,21-22H,8,20,23-24H2,1-7H3,(H,42,43). The minimum absolute atomic E-state index is 0.132. The maximum absolute atomic E-state index is 12.4. The van der Waals surface area contributed by atoms with Gasteiger partial charge >= 0.3 is 5.97 Å². The summed E-state index contributed by atoms with van der Waals surface area (Å²) >= 11 is 1.73. The number of nitrogens with zero attached hydrogens (tertiary/aromatic N) is 3. The SMILES string of the molecule is CCOc1ccc(-c2ccc(Cn3c(CC(C)(C)C(=O)O)c(SC(C)(C)C)c4cc(OCc5ccc(C)c[n+]5[O-])ccc43)cc2)cn1. The lowest BCUT2D eigenvalue weighted by atomic mass is 9.88. The van der Waals surface area contributed by atoms with Gasteiger partial charge in [-0.05, 0) is 69.2 Å². The Balaban J connectivity index is 1.55. The first-order chi connectivity index (χ1) is 22.2. The number of fused-ring (bicyclic) bond motifs is 1. The van der Waals surface area contributed by atoms with E-state index in [2.05, 4.69) is 54.6 Å². The fraction of sp³-hybridized carbons (Fsp3) is 0.342. The number of carbonyl (C=O) groups is 1. The van der Waals surface area contributed by atoms with Gasteiger partial charge in [0.25, 0.3) is 0 Å². The van der Waals surface area contributed by atoms with Crippen molar-refractivity contribution in [3.63, 3.8) is 0 Å². The Morgan fingerprint density at radius 3 is 2.32 bits per heavy atom. The van der Waals surface area contributed by atoms with Crippen molar-refractivity contribution >= 4 is 28.6 Å². The molecular weight excluding hydrogens is 611 g/mol. The van der Waals surface area contributed by atoms with Crippen molar-refractivity contribution < 1.29 is 24.1 Å². The Bertz CT molecular complexity index is 1870. The molecule has 0 saturated heterocycles. The molecule has 9 heteroatoms. The van der Waals surface area contributed by atoms with Crippen LogP contribution in [0.5, 0.6) is 11.6 Å². The number of pyridine rings is 2. The summed E-state index contributed by atoms with van der Waals surface area (Å²) in [5.41, 5.74) is 5.52. The number of rotatable bonds is 12. The molecule has 0 fully saturated rings. The predicted molar refractivity (Wildman–Crippen MR) is 187 cm³/mol. The summed E-state index contributed by atoms with van der Waals surface area (Å²) in [5, 5.41) is 23.6. The molecule has 0 amide bonds. The molecule has 0 unspecified atom stereocenters. The predicted octanol–water partition coefficient (Wildman–Crippen LogP) is 8.22. The number of thioether (sulfide) groups is 1. The molecule has 0 aliphatic rings. The van der Waals surface area contributed by atoms with Gasteiger partial charge in [-0.1, -0.05) is 45.0 Å². The molecule has 8 nitrogen and oxygen atoms in total. The fourth-order valence-corrected chi connectivity index (χ4v) is 6.55. The molecule has 0 saturated carbocycles.